The van der Waals surface area contributed by atoms with Gasteiger partial charge in [0.15, 0.2) is 11.5 Å². The van der Waals surface area contributed by atoms with Crippen LogP contribution in [0.5, 0.6) is 11.5 Å². The minimum Gasteiger partial charge on any atom is -0.493 e. The maximum atomic E-state index is 12.8. The third-order valence-corrected chi connectivity index (χ3v) is 6.16. The second-order valence-electron chi connectivity index (χ2n) is 8.37. The summed E-state index contributed by atoms with van der Waals surface area (Å²) in [4.78, 5) is 27.9. The molecule has 2 N–H and O–H groups in total. The lowest BCUT2D eigenvalue weighted by Gasteiger charge is -2.29. The number of amides is 2. The Hall–Kier alpha value is -4.07. The monoisotopic (exact) mass is 474 g/mol. The van der Waals surface area contributed by atoms with Gasteiger partial charge in [0.2, 0.25) is 5.91 Å². The molecule has 8 heteroatoms. The van der Waals surface area contributed by atoms with Gasteiger partial charge in [-0.1, -0.05) is 19.1 Å². The zero-order valence-corrected chi connectivity index (χ0v) is 20.2. The van der Waals surface area contributed by atoms with Gasteiger partial charge in [-0.3, -0.25) is 9.59 Å². The third-order valence-electron chi connectivity index (χ3n) is 6.16. The maximum Gasteiger partial charge on any atom is 0.272 e. The van der Waals surface area contributed by atoms with Crippen LogP contribution in [0.15, 0.2) is 65.9 Å². The number of aromatic nitrogens is 1. The fraction of sp³-hybridized carbons (Fsp3) is 0.296. The minimum absolute atomic E-state index is 0.0240. The largest absolute Gasteiger partial charge is 0.493 e. The SMILES string of the molecule is CCC1CC(=O)N(CCc2ccc(NC(=O)c3ccc[nH]3)cc2)N=C1c1ccc(OC)c(OC)c1. The highest BCUT2D eigenvalue weighted by Crippen LogP contribution is 2.31. The quantitative estimate of drug-likeness (QED) is 0.478. The fourth-order valence-electron chi connectivity index (χ4n) is 4.14. The molecular weight excluding hydrogens is 444 g/mol. The highest BCUT2D eigenvalue weighted by atomic mass is 16.5. The Morgan fingerprint density at radius 2 is 1.89 bits per heavy atom. The van der Waals surface area contributed by atoms with Crippen LogP contribution in [0.1, 0.15) is 41.4 Å². The van der Waals surface area contributed by atoms with Crippen molar-refractivity contribution >= 4 is 23.2 Å². The van der Waals surface area contributed by atoms with E-state index < -0.39 is 0 Å². The number of hydrogen-bond donors (Lipinski definition) is 2. The topological polar surface area (TPSA) is 96.0 Å². The molecule has 1 unspecified atom stereocenters. The number of carbonyl (C=O) groups excluding carboxylic acids is 2. The minimum atomic E-state index is -0.191. The lowest BCUT2D eigenvalue weighted by Crippen LogP contribution is -2.38. The van der Waals surface area contributed by atoms with E-state index in [9.17, 15) is 9.59 Å². The third kappa shape index (κ3) is 5.54. The number of methoxy groups -OCH3 is 2. The molecule has 3 aromatic rings. The Morgan fingerprint density at radius 1 is 1.11 bits per heavy atom. The van der Waals surface area contributed by atoms with Crippen LogP contribution in [0.4, 0.5) is 5.69 Å². The van der Waals surface area contributed by atoms with Crippen molar-refractivity contribution in [2.45, 2.75) is 26.2 Å². The van der Waals surface area contributed by atoms with Gasteiger partial charge in [-0.05, 0) is 60.9 Å². The first-order valence-corrected chi connectivity index (χ1v) is 11.7. The average molecular weight is 475 g/mol. The van der Waals surface area contributed by atoms with Crippen LogP contribution in [0.25, 0.3) is 0 Å². The summed E-state index contributed by atoms with van der Waals surface area (Å²) in [5, 5.41) is 9.19. The first kappa shape index (κ1) is 24.1. The molecule has 2 amide bonds. The molecule has 0 saturated carbocycles. The summed E-state index contributed by atoms with van der Waals surface area (Å²) in [6.07, 6.45) is 3.60. The first-order chi connectivity index (χ1) is 17.0. The van der Waals surface area contributed by atoms with Crippen LogP contribution < -0.4 is 14.8 Å². The molecule has 1 aliphatic heterocycles. The Morgan fingerprint density at radius 3 is 2.54 bits per heavy atom. The lowest BCUT2D eigenvalue weighted by atomic mass is 9.89. The predicted octanol–water partition coefficient (Wildman–Crippen LogP) is 4.49. The number of rotatable bonds is 9. The number of hydrogen-bond acceptors (Lipinski definition) is 5. The van der Waals surface area contributed by atoms with Crippen LogP contribution in [0.2, 0.25) is 0 Å². The molecule has 0 fully saturated rings. The Kier molecular flexibility index (Phi) is 7.50. The maximum absolute atomic E-state index is 12.8. The summed E-state index contributed by atoms with van der Waals surface area (Å²) in [5.74, 6) is 1.18. The summed E-state index contributed by atoms with van der Waals surface area (Å²) >= 11 is 0. The summed E-state index contributed by atoms with van der Waals surface area (Å²) in [6, 6.07) is 16.9. The Balaban J connectivity index is 1.45. The molecule has 1 atom stereocenters. The van der Waals surface area contributed by atoms with Gasteiger partial charge >= 0.3 is 0 Å². The van der Waals surface area contributed by atoms with Crippen LogP contribution >= 0.6 is 0 Å². The number of nitrogens with one attached hydrogen (secondary N) is 2. The van der Waals surface area contributed by atoms with E-state index >= 15 is 0 Å². The van der Waals surface area contributed by atoms with E-state index in [0.717, 1.165) is 23.3 Å². The molecular formula is C27H30N4O4. The molecule has 0 bridgehead atoms. The Bertz CT molecular complexity index is 1200. The van der Waals surface area contributed by atoms with Gasteiger partial charge in [-0.15, -0.1) is 0 Å². The molecule has 2 heterocycles. The van der Waals surface area contributed by atoms with Crippen molar-refractivity contribution < 1.29 is 19.1 Å². The highest BCUT2D eigenvalue weighted by molar-refractivity contribution is 6.06. The van der Waals surface area contributed by atoms with E-state index in [-0.39, 0.29) is 17.7 Å². The molecule has 35 heavy (non-hydrogen) atoms. The summed E-state index contributed by atoms with van der Waals surface area (Å²) in [6.45, 7) is 2.54. The van der Waals surface area contributed by atoms with Crippen molar-refractivity contribution in [1.82, 2.24) is 9.99 Å². The molecule has 0 aliphatic carbocycles. The van der Waals surface area contributed by atoms with Gasteiger partial charge in [0.1, 0.15) is 5.69 Å². The summed E-state index contributed by atoms with van der Waals surface area (Å²) < 4.78 is 10.8. The molecule has 0 saturated heterocycles. The zero-order chi connectivity index (χ0) is 24.8. The van der Waals surface area contributed by atoms with E-state index in [1.807, 2.05) is 42.5 Å². The number of aromatic amines is 1. The van der Waals surface area contributed by atoms with Crippen molar-refractivity contribution in [2.75, 3.05) is 26.1 Å². The number of nitrogens with zero attached hydrogens (tertiary/aromatic N) is 2. The van der Waals surface area contributed by atoms with Gasteiger partial charge in [0, 0.05) is 36.3 Å². The number of benzene rings is 2. The van der Waals surface area contributed by atoms with E-state index in [1.54, 1.807) is 37.6 Å². The van der Waals surface area contributed by atoms with Gasteiger partial charge < -0.3 is 19.8 Å². The highest BCUT2D eigenvalue weighted by Gasteiger charge is 2.29. The average Bonchev–Trinajstić information content (AvgIpc) is 3.43. The molecule has 8 nitrogen and oxygen atoms in total. The molecule has 1 aliphatic rings. The first-order valence-electron chi connectivity index (χ1n) is 11.7. The molecule has 0 spiro atoms. The second kappa shape index (κ2) is 10.9. The van der Waals surface area contributed by atoms with Gasteiger partial charge in [0.05, 0.1) is 19.9 Å². The van der Waals surface area contributed by atoms with Crippen molar-refractivity contribution in [2.24, 2.45) is 11.0 Å². The normalized spacial score (nSPS) is 15.5. The lowest BCUT2D eigenvalue weighted by molar-refractivity contribution is -0.132. The second-order valence-corrected chi connectivity index (χ2v) is 8.37. The predicted molar refractivity (Wildman–Crippen MR) is 135 cm³/mol. The summed E-state index contributed by atoms with van der Waals surface area (Å²) in [7, 11) is 3.21. The van der Waals surface area contributed by atoms with Crippen LogP contribution in [-0.2, 0) is 11.2 Å². The van der Waals surface area contributed by atoms with Crippen LogP contribution in [-0.4, -0.2) is 48.3 Å². The van der Waals surface area contributed by atoms with Gasteiger partial charge in [0.25, 0.3) is 5.91 Å². The number of hydrazone groups is 1. The fourth-order valence-corrected chi connectivity index (χ4v) is 4.14. The number of H-pyrrole nitrogens is 1. The molecule has 1 aromatic heterocycles. The smallest absolute Gasteiger partial charge is 0.272 e. The molecule has 0 radical (unpaired) electrons. The van der Waals surface area contributed by atoms with E-state index in [0.29, 0.717) is 42.3 Å². The van der Waals surface area contributed by atoms with Crippen molar-refractivity contribution in [3.8, 4) is 11.5 Å². The van der Waals surface area contributed by atoms with E-state index in [4.69, 9.17) is 14.6 Å². The van der Waals surface area contributed by atoms with Crippen molar-refractivity contribution in [3.05, 3.63) is 77.6 Å². The van der Waals surface area contributed by atoms with Crippen molar-refractivity contribution in [3.63, 3.8) is 0 Å². The van der Waals surface area contributed by atoms with E-state index in [2.05, 4.69) is 17.2 Å². The van der Waals surface area contributed by atoms with Gasteiger partial charge in [-0.2, -0.15) is 5.10 Å². The molecule has 4 rings (SSSR count). The number of anilines is 1. The standard InChI is InChI=1S/C27H30N4O4/c1-4-19-17-25(32)31(30-26(19)20-9-12-23(34-2)24(16-20)35-3)15-13-18-7-10-21(11-8-18)29-27(33)22-6-5-14-28-22/h5-12,14,16,19,28H,4,13,15,17H2,1-3H3,(H,29,33). The van der Waals surface area contributed by atoms with Crippen LogP contribution in [0, 0.1) is 5.92 Å². The van der Waals surface area contributed by atoms with Crippen molar-refractivity contribution in [1.29, 1.82) is 0 Å². The Labute approximate surface area is 204 Å². The van der Waals surface area contributed by atoms with Gasteiger partial charge in [-0.25, -0.2) is 5.01 Å². The molecule has 182 valence electrons. The molecule has 2 aromatic carbocycles. The zero-order valence-electron chi connectivity index (χ0n) is 20.2. The number of carbonyl (C=O) groups is 2. The summed E-state index contributed by atoms with van der Waals surface area (Å²) in [5.41, 5.74) is 4.08. The van der Waals surface area contributed by atoms with E-state index in [1.165, 1.54) is 0 Å². The number of ether oxygens (including phenoxy) is 2. The van der Waals surface area contributed by atoms with Crippen LogP contribution in [0.3, 0.4) is 0 Å².